The van der Waals surface area contributed by atoms with E-state index in [1.807, 2.05) is 12.1 Å². The lowest BCUT2D eigenvalue weighted by atomic mass is 9.73. The summed E-state index contributed by atoms with van der Waals surface area (Å²) in [5.74, 6) is -0.233. The number of rotatable bonds is 10. The maximum Gasteiger partial charge on any atom is 0.346 e. The van der Waals surface area contributed by atoms with E-state index in [4.69, 9.17) is 4.98 Å². The fourth-order valence-electron chi connectivity index (χ4n) is 7.94. The number of nitriles is 1. The van der Waals surface area contributed by atoms with Crippen LogP contribution in [0, 0.1) is 11.3 Å². The van der Waals surface area contributed by atoms with Crippen molar-refractivity contribution in [2.24, 2.45) is 0 Å². The normalized spacial score (nSPS) is 13.1. The monoisotopic (exact) mass is 727 g/mol. The van der Waals surface area contributed by atoms with Crippen molar-refractivity contribution in [1.29, 1.82) is 5.26 Å². The summed E-state index contributed by atoms with van der Waals surface area (Å²) in [5.41, 5.74) is 11.6. The maximum atomic E-state index is 11.3. The highest BCUT2D eigenvalue weighted by Gasteiger charge is 2.41. The van der Waals surface area contributed by atoms with E-state index in [1.165, 1.54) is 50.1 Å². The first-order chi connectivity index (χ1) is 25.9. The Morgan fingerprint density at radius 1 is 0.736 bits per heavy atom. The van der Waals surface area contributed by atoms with E-state index in [0.717, 1.165) is 67.9 Å². The Labute approximate surface area is 317 Å². The Morgan fingerprint density at radius 3 is 1.94 bits per heavy atom. The molecule has 0 amide bonds. The Balaban J connectivity index is 1.19. The predicted molar refractivity (Wildman–Crippen MR) is 219 cm³/mol. The molecule has 0 unspecified atom stereocenters. The second-order valence-corrected chi connectivity index (χ2v) is 15.5. The third-order valence-corrected chi connectivity index (χ3v) is 13.0. The van der Waals surface area contributed by atoms with Gasteiger partial charge in [0.1, 0.15) is 17.5 Å². The number of nitrogens with zero attached hydrogens (tertiary/aromatic N) is 3. The molecule has 4 aromatic carbocycles. The minimum absolute atomic E-state index is 0.136. The number of aliphatic carboxylic acids is 1. The summed E-state index contributed by atoms with van der Waals surface area (Å²) in [7, 11) is 0. The van der Waals surface area contributed by atoms with Gasteiger partial charge in [0.15, 0.2) is 0 Å². The fraction of sp³-hybridized carbons (Fsp3) is 0.152. The number of thiophene rings is 2. The minimum atomic E-state index is -1.22. The van der Waals surface area contributed by atoms with Crippen molar-refractivity contribution < 1.29 is 9.90 Å². The summed E-state index contributed by atoms with van der Waals surface area (Å²) < 4.78 is 2.37. The second kappa shape index (κ2) is 14.0. The summed E-state index contributed by atoms with van der Waals surface area (Å²) in [6.07, 6.45) is 3.39. The molecule has 8 rings (SSSR count). The molecule has 53 heavy (non-hydrogen) atoms. The van der Waals surface area contributed by atoms with Crippen LogP contribution in [0.15, 0.2) is 127 Å². The smallest absolute Gasteiger partial charge is 0.346 e. The lowest BCUT2D eigenvalue weighted by Gasteiger charge is -2.30. The van der Waals surface area contributed by atoms with Gasteiger partial charge in [0.2, 0.25) is 0 Å². The van der Waals surface area contributed by atoms with Crippen LogP contribution in [-0.2, 0) is 16.8 Å². The molecule has 0 saturated carbocycles. The third-order valence-electron chi connectivity index (χ3n) is 10.6. The number of fused-ring (bicyclic) bond motifs is 3. The van der Waals surface area contributed by atoms with E-state index in [-0.39, 0.29) is 11.0 Å². The number of hydrogen-bond donors (Lipinski definition) is 1. The maximum absolute atomic E-state index is 11.3. The summed E-state index contributed by atoms with van der Waals surface area (Å²) in [4.78, 5) is 20.8. The summed E-state index contributed by atoms with van der Waals surface area (Å²) in [6.45, 7) is 7.62. The van der Waals surface area contributed by atoms with E-state index in [2.05, 4.69) is 135 Å². The largest absolute Gasteiger partial charge is 0.477 e. The lowest BCUT2D eigenvalue weighted by molar-refractivity contribution is -0.132. The molecular weight excluding hydrogens is 691 g/mol. The Hall–Kier alpha value is -5.81. The van der Waals surface area contributed by atoms with Crippen molar-refractivity contribution in [1.82, 2.24) is 9.55 Å². The van der Waals surface area contributed by atoms with Crippen LogP contribution in [0.1, 0.15) is 49.6 Å². The molecule has 3 aromatic heterocycles. The Morgan fingerprint density at radius 2 is 1.32 bits per heavy atom. The van der Waals surface area contributed by atoms with Crippen LogP contribution in [-0.4, -0.2) is 20.6 Å². The van der Waals surface area contributed by atoms with E-state index in [0.29, 0.717) is 0 Å². The van der Waals surface area contributed by atoms with Crippen molar-refractivity contribution in [3.05, 3.63) is 143 Å². The molecule has 260 valence electrons. The summed E-state index contributed by atoms with van der Waals surface area (Å²) in [6, 6.07) is 45.0. The second-order valence-electron chi connectivity index (χ2n) is 13.3. The number of carbonyl (C=O) groups is 1. The van der Waals surface area contributed by atoms with Gasteiger partial charge in [-0.1, -0.05) is 98.8 Å². The van der Waals surface area contributed by atoms with Crippen LogP contribution < -0.4 is 0 Å². The van der Waals surface area contributed by atoms with Crippen LogP contribution in [0.25, 0.3) is 71.3 Å². The van der Waals surface area contributed by atoms with Gasteiger partial charge in [-0.3, -0.25) is 0 Å². The van der Waals surface area contributed by atoms with Crippen molar-refractivity contribution in [2.45, 2.75) is 45.6 Å². The molecule has 0 bridgehead atoms. The van der Waals surface area contributed by atoms with Gasteiger partial charge in [-0.25, -0.2) is 9.78 Å². The average Bonchev–Trinajstić information content (AvgIpc) is 4.01. The minimum Gasteiger partial charge on any atom is -0.477 e. The van der Waals surface area contributed by atoms with Crippen LogP contribution in [0.4, 0.5) is 0 Å². The number of aromatic nitrogens is 2. The summed E-state index contributed by atoms with van der Waals surface area (Å²) >= 11 is 3.22. The third kappa shape index (κ3) is 5.85. The number of carboxylic acids is 1. The number of hydrogen-bond acceptors (Lipinski definition) is 5. The molecule has 0 spiro atoms. The predicted octanol–water partition coefficient (Wildman–Crippen LogP) is 12.4. The number of benzene rings is 4. The van der Waals surface area contributed by atoms with E-state index >= 15 is 0 Å². The molecule has 0 fully saturated rings. The Kier molecular flexibility index (Phi) is 9.03. The van der Waals surface area contributed by atoms with E-state index < -0.39 is 5.97 Å². The first kappa shape index (κ1) is 34.3. The molecular formula is C46H37N3O2S2. The Bertz CT molecular complexity index is 2560. The molecule has 1 N–H and O–H groups in total. The van der Waals surface area contributed by atoms with Gasteiger partial charge in [0, 0.05) is 48.2 Å². The van der Waals surface area contributed by atoms with Gasteiger partial charge in [-0.15, -0.1) is 22.7 Å². The highest BCUT2D eigenvalue weighted by atomic mass is 32.1. The topological polar surface area (TPSA) is 78.9 Å². The number of carboxylic acid groups (broad SMARTS) is 1. The highest BCUT2D eigenvalue weighted by Crippen LogP contribution is 2.55. The summed E-state index contributed by atoms with van der Waals surface area (Å²) in [5, 5.41) is 18.5. The molecule has 5 nitrogen and oxygen atoms in total. The van der Waals surface area contributed by atoms with Crippen LogP contribution >= 0.6 is 22.7 Å². The van der Waals surface area contributed by atoms with Gasteiger partial charge in [-0.2, -0.15) is 5.26 Å². The quantitative estimate of drug-likeness (QED) is 0.112. The van der Waals surface area contributed by atoms with E-state index in [9.17, 15) is 15.2 Å². The zero-order chi connectivity index (χ0) is 36.7. The molecule has 0 saturated heterocycles. The molecule has 0 aliphatic heterocycles. The average molecular weight is 728 g/mol. The van der Waals surface area contributed by atoms with Gasteiger partial charge in [-0.05, 0) is 90.1 Å². The molecule has 7 heteroatoms. The molecule has 7 aromatic rings. The zero-order valence-corrected chi connectivity index (χ0v) is 31.4. The standard InChI is InChI=1S/C46H37N3O2S2/c1-4-46(5-2)37-26-31(39-23-24-41(53-39)40-22-19-34(52-40)25-33(28-47)45(50)51)17-20-35(37)36-21-18-32(27-38(36)46)44-48-42(29-13-9-7-10-14-29)43(49(44)6-3)30-15-11-8-12-16-30/h7-27H,4-6H2,1-3H3,(H,50,51)/b33-25-. The van der Waals surface area contributed by atoms with Gasteiger partial charge in [0.25, 0.3) is 0 Å². The van der Waals surface area contributed by atoms with Crippen molar-refractivity contribution in [2.75, 3.05) is 0 Å². The highest BCUT2D eigenvalue weighted by molar-refractivity contribution is 7.24. The first-order valence-electron chi connectivity index (χ1n) is 18.0. The van der Waals surface area contributed by atoms with Gasteiger partial charge < -0.3 is 9.67 Å². The molecule has 1 aliphatic rings. The fourth-order valence-corrected chi connectivity index (χ4v) is 9.98. The SMILES string of the molecule is CCn1c(-c2ccc3c(c2)C(CC)(CC)c2cc(-c4ccc(-c5ccc(/C=C(/C#N)C(=O)O)s5)s4)ccc2-3)nc(-c2ccccc2)c1-c1ccccc1. The molecule has 3 heterocycles. The first-order valence-corrected chi connectivity index (χ1v) is 19.6. The van der Waals surface area contributed by atoms with Crippen LogP contribution in [0.5, 0.6) is 0 Å². The lowest BCUT2D eigenvalue weighted by Crippen LogP contribution is -2.23. The molecule has 0 radical (unpaired) electrons. The number of imidazole rings is 1. The molecule has 1 aliphatic carbocycles. The van der Waals surface area contributed by atoms with E-state index in [1.54, 1.807) is 17.4 Å². The van der Waals surface area contributed by atoms with Gasteiger partial charge in [0.05, 0.1) is 11.4 Å². The molecule has 0 atom stereocenters. The van der Waals surface area contributed by atoms with Crippen molar-refractivity contribution >= 4 is 34.7 Å². The van der Waals surface area contributed by atoms with Crippen LogP contribution in [0.2, 0.25) is 0 Å². The van der Waals surface area contributed by atoms with Crippen LogP contribution in [0.3, 0.4) is 0 Å². The van der Waals surface area contributed by atoms with Crippen molar-refractivity contribution in [3.63, 3.8) is 0 Å². The van der Waals surface area contributed by atoms with Gasteiger partial charge >= 0.3 is 5.97 Å². The zero-order valence-electron chi connectivity index (χ0n) is 29.8. The van der Waals surface area contributed by atoms with Crippen molar-refractivity contribution in [3.8, 4) is 71.3 Å².